The van der Waals surface area contributed by atoms with Crippen LogP contribution in [-0.2, 0) is 18.7 Å². The highest BCUT2D eigenvalue weighted by atomic mass is 31.2. The fourth-order valence-electron chi connectivity index (χ4n) is 1.91. The molecular formula is C13H18NO7P. The summed E-state index contributed by atoms with van der Waals surface area (Å²) in [4.78, 5) is 32.1. The first-order chi connectivity index (χ1) is 10.2. The van der Waals surface area contributed by atoms with Crippen LogP contribution in [0.25, 0.3) is 0 Å². The van der Waals surface area contributed by atoms with Crippen LogP contribution in [0.15, 0.2) is 30.3 Å². The fraction of sp³-hybridized carbons (Fsp3) is 0.385. The van der Waals surface area contributed by atoms with Crippen molar-refractivity contribution in [3.8, 4) is 0 Å². The predicted octanol–water partition coefficient (Wildman–Crippen LogP) is 1.62. The van der Waals surface area contributed by atoms with E-state index >= 15 is 0 Å². The maximum absolute atomic E-state index is 11.6. The van der Waals surface area contributed by atoms with E-state index in [2.05, 4.69) is 9.84 Å². The van der Waals surface area contributed by atoms with Crippen molar-refractivity contribution >= 4 is 25.2 Å². The Balaban J connectivity index is 3.08. The maximum atomic E-state index is 11.6. The van der Waals surface area contributed by atoms with Gasteiger partial charge in [0.05, 0.1) is 12.6 Å². The van der Waals surface area contributed by atoms with Crippen LogP contribution in [0.1, 0.15) is 12.8 Å². The average Bonchev–Trinajstić information content (AvgIpc) is 2.45. The molecule has 2 atom stereocenters. The summed E-state index contributed by atoms with van der Waals surface area (Å²) in [5.41, 5.74) is -1.51. The van der Waals surface area contributed by atoms with Crippen LogP contribution >= 0.6 is 7.60 Å². The minimum Gasteiger partial charge on any atom is -0.481 e. The quantitative estimate of drug-likeness (QED) is 0.502. The van der Waals surface area contributed by atoms with Crippen molar-refractivity contribution < 1.29 is 33.8 Å². The van der Waals surface area contributed by atoms with Gasteiger partial charge in [0.2, 0.25) is 0 Å². The van der Waals surface area contributed by atoms with Gasteiger partial charge in [0, 0.05) is 12.8 Å². The van der Waals surface area contributed by atoms with Gasteiger partial charge >= 0.3 is 19.5 Å². The minimum absolute atomic E-state index is 0.384. The van der Waals surface area contributed by atoms with Crippen molar-refractivity contribution in [3.05, 3.63) is 30.3 Å². The molecule has 9 heteroatoms. The lowest BCUT2D eigenvalue weighted by atomic mass is 9.91. The number of nitrogens with one attached hydrogen (secondary N) is 1. The first-order valence-electron chi connectivity index (χ1n) is 6.37. The molecule has 4 N–H and O–H groups in total. The molecule has 0 aliphatic carbocycles. The van der Waals surface area contributed by atoms with Crippen molar-refractivity contribution in [3.63, 3.8) is 0 Å². The zero-order valence-electron chi connectivity index (χ0n) is 11.9. The number of hydrogen-bond acceptors (Lipinski definition) is 5. The van der Waals surface area contributed by atoms with Gasteiger partial charge in [-0.05, 0) is 18.6 Å². The van der Waals surface area contributed by atoms with Gasteiger partial charge in [0.1, 0.15) is 5.54 Å². The number of hydrogen-bond donors (Lipinski definition) is 4. The lowest BCUT2D eigenvalue weighted by molar-refractivity contribution is -0.149. The van der Waals surface area contributed by atoms with Gasteiger partial charge < -0.3 is 24.9 Å². The molecule has 0 spiro atoms. The second kappa shape index (κ2) is 7.40. The standard InChI is InChI=1S/C13H18NO7P/c1-21-22(19,20)8-7-13(12(17)18,9-11(15)16)14-10-5-3-2-4-6-10/h2-6,14H,7-9H2,1H3,(H,15,16)(H,17,18)(H,19,20). The third-order valence-corrected chi connectivity index (χ3v) is 4.49. The molecule has 0 bridgehead atoms. The molecule has 0 saturated heterocycles. The molecule has 0 aromatic heterocycles. The molecule has 1 aromatic rings. The Morgan fingerprint density at radius 2 is 1.86 bits per heavy atom. The molecule has 0 amide bonds. The van der Waals surface area contributed by atoms with E-state index < -0.39 is 37.7 Å². The first-order valence-corrected chi connectivity index (χ1v) is 8.13. The van der Waals surface area contributed by atoms with Gasteiger partial charge in [-0.2, -0.15) is 0 Å². The van der Waals surface area contributed by atoms with Gasteiger partial charge in [0.15, 0.2) is 0 Å². The van der Waals surface area contributed by atoms with Crippen molar-refractivity contribution in [1.29, 1.82) is 0 Å². The molecule has 8 nitrogen and oxygen atoms in total. The molecule has 0 aliphatic heterocycles. The number of aliphatic carboxylic acids is 2. The predicted molar refractivity (Wildman–Crippen MR) is 79.0 cm³/mol. The van der Waals surface area contributed by atoms with E-state index in [1.54, 1.807) is 30.3 Å². The van der Waals surface area contributed by atoms with E-state index in [4.69, 9.17) is 5.11 Å². The Bertz CT molecular complexity index is 577. The Morgan fingerprint density at radius 3 is 2.32 bits per heavy atom. The Morgan fingerprint density at radius 1 is 1.27 bits per heavy atom. The van der Waals surface area contributed by atoms with E-state index in [-0.39, 0.29) is 6.42 Å². The van der Waals surface area contributed by atoms with Crippen LogP contribution in [0, 0.1) is 0 Å². The highest BCUT2D eigenvalue weighted by Crippen LogP contribution is 2.43. The molecule has 0 fully saturated rings. The molecule has 2 unspecified atom stereocenters. The lowest BCUT2D eigenvalue weighted by Gasteiger charge is -2.30. The van der Waals surface area contributed by atoms with Gasteiger partial charge in [-0.15, -0.1) is 0 Å². The topological polar surface area (TPSA) is 133 Å². The molecule has 0 saturated carbocycles. The summed E-state index contributed by atoms with van der Waals surface area (Å²) in [5.74, 6) is -2.76. The van der Waals surface area contributed by atoms with Crippen LogP contribution in [-0.4, -0.2) is 45.9 Å². The SMILES string of the molecule is COP(=O)(O)CCC(CC(=O)O)(Nc1ccccc1)C(=O)O. The number of carbonyl (C=O) groups is 2. The second-order valence-corrected chi connectivity index (χ2v) is 6.83. The third kappa shape index (κ3) is 5.14. The van der Waals surface area contributed by atoms with Gasteiger partial charge in [-0.1, -0.05) is 18.2 Å². The number of para-hydroxylation sites is 1. The molecular weight excluding hydrogens is 313 g/mol. The summed E-state index contributed by atoms with van der Waals surface area (Å²) < 4.78 is 16.0. The highest BCUT2D eigenvalue weighted by molar-refractivity contribution is 7.52. The summed E-state index contributed by atoms with van der Waals surface area (Å²) in [7, 11) is -2.92. The number of carboxylic acid groups (broad SMARTS) is 2. The summed E-state index contributed by atoms with van der Waals surface area (Å²) in [6, 6.07) is 8.18. The Labute approximate surface area is 127 Å². The lowest BCUT2D eigenvalue weighted by Crippen LogP contribution is -2.49. The van der Waals surface area contributed by atoms with E-state index in [0.717, 1.165) is 7.11 Å². The molecule has 0 heterocycles. The first kappa shape index (κ1) is 18.2. The van der Waals surface area contributed by atoms with Crippen molar-refractivity contribution in [2.45, 2.75) is 18.4 Å². The summed E-state index contributed by atoms with van der Waals surface area (Å²) >= 11 is 0. The van der Waals surface area contributed by atoms with Crippen LogP contribution < -0.4 is 5.32 Å². The molecule has 22 heavy (non-hydrogen) atoms. The largest absolute Gasteiger partial charge is 0.481 e. The number of rotatable bonds is 9. The third-order valence-electron chi connectivity index (χ3n) is 3.13. The van der Waals surface area contributed by atoms with Gasteiger partial charge in [-0.25, -0.2) is 4.79 Å². The number of carboxylic acids is 2. The van der Waals surface area contributed by atoms with Crippen LogP contribution in [0.2, 0.25) is 0 Å². The van der Waals surface area contributed by atoms with Gasteiger partial charge in [0.25, 0.3) is 0 Å². The van der Waals surface area contributed by atoms with Crippen molar-refractivity contribution in [2.24, 2.45) is 0 Å². The molecule has 0 radical (unpaired) electrons. The average molecular weight is 331 g/mol. The minimum atomic E-state index is -3.95. The maximum Gasteiger partial charge on any atom is 0.329 e. The summed E-state index contributed by atoms with van der Waals surface area (Å²) in [6.45, 7) is 0. The summed E-state index contributed by atoms with van der Waals surface area (Å²) in [5, 5.41) is 21.1. The van der Waals surface area contributed by atoms with E-state index in [9.17, 15) is 24.2 Å². The van der Waals surface area contributed by atoms with Crippen molar-refractivity contribution in [1.82, 2.24) is 0 Å². The molecule has 1 rings (SSSR count). The number of anilines is 1. The van der Waals surface area contributed by atoms with E-state index in [1.165, 1.54) is 0 Å². The fourth-order valence-corrected chi connectivity index (χ4v) is 2.76. The molecule has 1 aromatic carbocycles. The zero-order chi connectivity index (χ0) is 16.8. The van der Waals surface area contributed by atoms with Crippen molar-refractivity contribution in [2.75, 3.05) is 18.6 Å². The summed E-state index contributed by atoms with van der Waals surface area (Å²) in [6.07, 6.45) is -1.62. The zero-order valence-corrected chi connectivity index (χ0v) is 12.8. The number of benzene rings is 1. The second-order valence-electron chi connectivity index (χ2n) is 4.74. The highest BCUT2D eigenvalue weighted by Gasteiger charge is 2.42. The smallest absolute Gasteiger partial charge is 0.329 e. The van der Waals surface area contributed by atoms with Crippen LogP contribution in [0.5, 0.6) is 0 Å². The van der Waals surface area contributed by atoms with E-state index in [0.29, 0.717) is 5.69 Å². The Kier molecular flexibility index (Phi) is 6.11. The van der Waals surface area contributed by atoms with Crippen LogP contribution in [0.3, 0.4) is 0 Å². The monoisotopic (exact) mass is 331 g/mol. The Hall–Kier alpha value is -1.89. The normalized spacial score (nSPS) is 16.3. The molecule has 0 aliphatic rings. The van der Waals surface area contributed by atoms with E-state index in [1.807, 2.05) is 0 Å². The van der Waals surface area contributed by atoms with Crippen LogP contribution in [0.4, 0.5) is 5.69 Å². The molecule has 122 valence electrons. The van der Waals surface area contributed by atoms with Gasteiger partial charge in [-0.3, -0.25) is 9.36 Å².